The van der Waals surface area contributed by atoms with Crippen molar-refractivity contribution in [3.63, 3.8) is 0 Å². The molecule has 5 nitrogen and oxygen atoms in total. The molecule has 0 amide bonds. The Morgan fingerprint density at radius 3 is 1.29 bits per heavy atom. The summed E-state index contributed by atoms with van der Waals surface area (Å²) in [4.78, 5) is 17.5. The molecule has 0 bridgehead atoms. The highest BCUT2D eigenvalue weighted by Crippen LogP contribution is 2.61. The van der Waals surface area contributed by atoms with Gasteiger partial charge in [0.05, 0.1) is 16.8 Å². The summed E-state index contributed by atoms with van der Waals surface area (Å²) in [6.07, 6.45) is 0. The molecule has 1 aromatic heterocycles. The van der Waals surface area contributed by atoms with Gasteiger partial charge in [-0.3, -0.25) is 4.90 Å². The summed E-state index contributed by atoms with van der Waals surface area (Å²) >= 11 is 0. The van der Waals surface area contributed by atoms with E-state index in [1.807, 2.05) is 60.7 Å². The van der Waals surface area contributed by atoms with Crippen molar-refractivity contribution in [3.8, 4) is 22.8 Å². The van der Waals surface area contributed by atoms with Gasteiger partial charge in [0.1, 0.15) is 0 Å². The second kappa shape index (κ2) is 10.00. The van der Waals surface area contributed by atoms with Gasteiger partial charge in [0.25, 0.3) is 0 Å². The lowest BCUT2D eigenvalue weighted by Gasteiger charge is -2.48. The van der Waals surface area contributed by atoms with Crippen LogP contribution in [-0.4, -0.2) is 15.0 Å². The van der Waals surface area contributed by atoms with E-state index in [-0.39, 0.29) is 0 Å². The molecule has 0 radical (unpaired) electrons. The van der Waals surface area contributed by atoms with Gasteiger partial charge >= 0.3 is 0 Å². The lowest BCUT2D eigenvalue weighted by atomic mass is 9.60. The molecule has 0 fully saturated rings. The van der Waals surface area contributed by atoms with E-state index in [1.165, 1.54) is 22.3 Å². The van der Waals surface area contributed by atoms with E-state index in [2.05, 4.69) is 107 Å². The molecular formula is C40H27N5. The first-order valence-electron chi connectivity index (χ1n) is 15.1. The molecule has 1 spiro atoms. The van der Waals surface area contributed by atoms with Gasteiger partial charge in [-0.25, -0.2) is 4.98 Å². The molecular weight excluding hydrogens is 550 g/mol. The largest absolute Gasteiger partial charge is 0.355 e. The molecule has 2 aliphatic heterocycles. The van der Waals surface area contributed by atoms with Crippen molar-refractivity contribution in [2.24, 2.45) is 0 Å². The van der Waals surface area contributed by atoms with E-state index < -0.39 is 5.41 Å². The quantitative estimate of drug-likeness (QED) is 0.227. The van der Waals surface area contributed by atoms with Crippen molar-refractivity contribution >= 4 is 28.7 Å². The zero-order chi connectivity index (χ0) is 29.8. The van der Waals surface area contributed by atoms with Crippen LogP contribution in [0.2, 0.25) is 0 Å². The van der Waals surface area contributed by atoms with Gasteiger partial charge < -0.3 is 5.32 Å². The number of nitrogens with zero attached hydrogens (tertiary/aromatic N) is 4. The summed E-state index contributed by atoms with van der Waals surface area (Å²) < 4.78 is 0. The van der Waals surface area contributed by atoms with Crippen LogP contribution in [0.4, 0.5) is 28.7 Å². The van der Waals surface area contributed by atoms with Gasteiger partial charge in [0.15, 0.2) is 11.6 Å². The van der Waals surface area contributed by atoms with Crippen molar-refractivity contribution in [1.82, 2.24) is 15.0 Å². The maximum atomic E-state index is 5.16. The lowest BCUT2D eigenvalue weighted by molar-refractivity contribution is 0.724. The molecule has 45 heavy (non-hydrogen) atoms. The summed E-state index contributed by atoms with van der Waals surface area (Å²) in [5.41, 5.74) is 10.4. The van der Waals surface area contributed by atoms with E-state index >= 15 is 0 Å². The van der Waals surface area contributed by atoms with E-state index in [0.29, 0.717) is 17.6 Å². The first kappa shape index (κ1) is 25.4. The summed E-state index contributed by atoms with van der Waals surface area (Å²) in [6.45, 7) is 0. The van der Waals surface area contributed by atoms with E-state index in [9.17, 15) is 0 Å². The molecule has 9 rings (SSSR count). The predicted molar refractivity (Wildman–Crippen MR) is 181 cm³/mol. The molecule has 3 heterocycles. The monoisotopic (exact) mass is 577 g/mol. The molecule has 6 aromatic carbocycles. The Morgan fingerprint density at radius 1 is 0.400 bits per heavy atom. The topological polar surface area (TPSA) is 53.9 Å². The maximum Gasteiger partial charge on any atom is 0.238 e. The lowest BCUT2D eigenvalue weighted by Crippen LogP contribution is -2.40. The third kappa shape index (κ3) is 3.77. The summed E-state index contributed by atoms with van der Waals surface area (Å²) in [5.74, 6) is 1.84. The highest BCUT2D eigenvalue weighted by molar-refractivity contribution is 5.93. The van der Waals surface area contributed by atoms with Gasteiger partial charge in [-0.05, 0) is 46.5 Å². The summed E-state index contributed by atoms with van der Waals surface area (Å²) in [7, 11) is 0. The third-order valence-electron chi connectivity index (χ3n) is 8.92. The summed E-state index contributed by atoms with van der Waals surface area (Å²) in [6, 6.07) is 55.0. The fraction of sp³-hybridized carbons (Fsp3) is 0.0250. The Labute approximate surface area is 261 Å². The second-order valence-electron chi connectivity index (χ2n) is 11.4. The zero-order valence-electron chi connectivity index (χ0n) is 24.3. The average Bonchev–Trinajstić information content (AvgIpc) is 3.12. The van der Waals surface area contributed by atoms with Crippen LogP contribution in [0.15, 0.2) is 158 Å². The van der Waals surface area contributed by atoms with Crippen molar-refractivity contribution in [2.45, 2.75) is 5.41 Å². The SMILES string of the molecule is c1ccc(-c2nc(-c3ccccc3)nc(N3c4ccccc4C4(c5ccccc5Nc5ccccc54)c4ccccc43)n2)cc1. The molecule has 0 aliphatic carbocycles. The number of hydrogen-bond acceptors (Lipinski definition) is 5. The molecule has 0 unspecified atom stereocenters. The number of aromatic nitrogens is 3. The van der Waals surface area contributed by atoms with Crippen molar-refractivity contribution in [1.29, 1.82) is 0 Å². The van der Waals surface area contributed by atoms with Crippen molar-refractivity contribution in [2.75, 3.05) is 10.2 Å². The molecule has 0 atom stereocenters. The Bertz CT molecular complexity index is 2060. The molecule has 212 valence electrons. The van der Waals surface area contributed by atoms with Gasteiger partial charge in [-0.2, -0.15) is 9.97 Å². The number of nitrogens with one attached hydrogen (secondary N) is 1. The minimum Gasteiger partial charge on any atom is -0.355 e. The van der Waals surface area contributed by atoms with Crippen LogP contribution in [0.5, 0.6) is 0 Å². The molecule has 2 aliphatic rings. The first-order chi connectivity index (χ1) is 22.3. The van der Waals surface area contributed by atoms with E-state index in [1.54, 1.807) is 0 Å². The highest BCUT2D eigenvalue weighted by Gasteiger charge is 2.50. The van der Waals surface area contributed by atoms with Crippen LogP contribution in [0.1, 0.15) is 22.3 Å². The number of benzene rings is 6. The smallest absolute Gasteiger partial charge is 0.238 e. The molecule has 0 saturated carbocycles. The van der Waals surface area contributed by atoms with Crippen LogP contribution in [-0.2, 0) is 5.41 Å². The van der Waals surface area contributed by atoms with Crippen LogP contribution < -0.4 is 10.2 Å². The van der Waals surface area contributed by atoms with Gasteiger partial charge in [0.2, 0.25) is 5.95 Å². The van der Waals surface area contributed by atoms with Crippen LogP contribution in [0.3, 0.4) is 0 Å². The normalized spacial score (nSPS) is 13.6. The Hall–Kier alpha value is -6.07. The van der Waals surface area contributed by atoms with Crippen LogP contribution in [0.25, 0.3) is 22.8 Å². The Morgan fingerprint density at radius 2 is 0.800 bits per heavy atom. The second-order valence-corrected chi connectivity index (χ2v) is 11.4. The third-order valence-corrected chi connectivity index (χ3v) is 8.92. The molecule has 0 saturated heterocycles. The van der Waals surface area contributed by atoms with Crippen LogP contribution in [0, 0.1) is 0 Å². The van der Waals surface area contributed by atoms with Crippen molar-refractivity contribution in [3.05, 3.63) is 180 Å². The minimum absolute atomic E-state index is 0.556. The molecule has 5 heteroatoms. The fourth-order valence-corrected chi connectivity index (χ4v) is 7.07. The van der Waals surface area contributed by atoms with Gasteiger partial charge in [-0.1, -0.05) is 133 Å². The van der Waals surface area contributed by atoms with Gasteiger partial charge in [0, 0.05) is 22.5 Å². The predicted octanol–water partition coefficient (Wildman–Crippen LogP) is 9.43. The highest BCUT2D eigenvalue weighted by atomic mass is 15.3. The minimum atomic E-state index is -0.556. The van der Waals surface area contributed by atoms with E-state index in [4.69, 9.17) is 15.0 Å². The molecule has 1 N–H and O–H groups in total. The van der Waals surface area contributed by atoms with Crippen molar-refractivity contribution < 1.29 is 0 Å². The Kier molecular flexibility index (Phi) is 5.65. The van der Waals surface area contributed by atoms with E-state index in [0.717, 1.165) is 33.9 Å². The average molecular weight is 578 g/mol. The number of rotatable bonds is 3. The zero-order valence-corrected chi connectivity index (χ0v) is 24.3. The maximum absolute atomic E-state index is 5.16. The fourth-order valence-electron chi connectivity index (χ4n) is 7.07. The van der Waals surface area contributed by atoms with Crippen LogP contribution >= 0.6 is 0 Å². The first-order valence-corrected chi connectivity index (χ1v) is 15.1. The number of para-hydroxylation sites is 4. The summed E-state index contributed by atoms with van der Waals surface area (Å²) in [5, 5.41) is 3.72. The standard InChI is InChI=1S/C40H27N5/c1-3-15-27(16-4-1)37-42-38(28-17-5-2-6-18-28)44-39(43-37)45-35-25-13-9-21-31(35)40(32-22-10-14-26-36(32)45)29-19-7-11-23-33(29)41-34-24-12-8-20-30(34)40/h1-26,41H. The van der Waals surface area contributed by atoms with Gasteiger partial charge in [-0.15, -0.1) is 0 Å². The number of fused-ring (bicyclic) bond motifs is 8. The molecule has 7 aromatic rings. The number of hydrogen-bond donors (Lipinski definition) is 1. The Balaban J connectivity index is 1.37. The number of anilines is 5.